The van der Waals surface area contributed by atoms with Crippen molar-refractivity contribution < 1.29 is 38.8 Å². The molecule has 7 unspecified atom stereocenters. The van der Waals surface area contributed by atoms with E-state index >= 15 is 0 Å². The van der Waals surface area contributed by atoms with Crippen LogP contribution in [0.2, 0.25) is 0 Å². The van der Waals surface area contributed by atoms with Crippen molar-refractivity contribution in [1.82, 2.24) is 15.3 Å². The Labute approximate surface area is 258 Å². The number of carbonyl (C=O) groups is 3. The number of fused-ring (bicyclic) bond motifs is 3. The van der Waals surface area contributed by atoms with E-state index < -0.39 is 41.6 Å². The van der Waals surface area contributed by atoms with Crippen molar-refractivity contribution in [2.75, 3.05) is 19.8 Å². The molecule has 0 spiro atoms. The number of aromatic nitrogens is 2. The molecular weight excluding hydrogens is 566 g/mol. The Kier molecular flexibility index (Phi) is 8.91. The third kappa shape index (κ3) is 5.71. The van der Waals surface area contributed by atoms with E-state index in [-0.39, 0.29) is 41.4 Å². The minimum Gasteiger partial charge on any atom is -0.481 e. The molecule has 242 valence electrons. The highest BCUT2D eigenvalue weighted by molar-refractivity contribution is 5.97. The van der Waals surface area contributed by atoms with Crippen LogP contribution < -0.4 is 5.32 Å². The van der Waals surface area contributed by atoms with E-state index in [4.69, 9.17) is 14.2 Å². The highest BCUT2D eigenvalue weighted by atomic mass is 16.7. The molecule has 4 N–H and O–H groups in total. The van der Waals surface area contributed by atoms with Crippen LogP contribution in [0.25, 0.3) is 0 Å². The van der Waals surface area contributed by atoms with E-state index in [9.17, 15) is 24.6 Å². The van der Waals surface area contributed by atoms with Crippen molar-refractivity contribution in [2.45, 2.75) is 84.1 Å². The number of aliphatic carboxylic acids is 1. The molecule has 0 aromatic carbocycles. The minimum atomic E-state index is -1.34. The van der Waals surface area contributed by atoms with E-state index in [1.165, 1.54) is 0 Å². The average Bonchev–Trinajstić information content (AvgIpc) is 3.48. The number of hydrogen-bond donors (Lipinski definition) is 4. The van der Waals surface area contributed by atoms with Crippen LogP contribution in [0.3, 0.4) is 0 Å². The molecule has 4 fully saturated rings. The third-order valence-corrected chi connectivity index (χ3v) is 11.4. The van der Waals surface area contributed by atoms with Gasteiger partial charge in [-0.3, -0.25) is 9.59 Å². The number of H-pyrrole nitrogens is 1. The van der Waals surface area contributed by atoms with Crippen molar-refractivity contribution in [2.24, 2.45) is 52.8 Å². The first-order valence-corrected chi connectivity index (χ1v) is 16.4. The number of ether oxygens (including phenoxy) is 3. The second-order valence-electron chi connectivity index (χ2n) is 14.4. The van der Waals surface area contributed by atoms with Gasteiger partial charge in [-0.15, -0.1) is 0 Å². The van der Waals surface area contributed by atoms with Crippen molar-refractivity contribution in [3.63, 3.8) is 0 Å². The Balaban J connectivity index is 1.25. The number of aromatic amines is 1. The van der Waals surface area contributed by atoms with E-state index in [1.54, 1.807) is 18.5 Å². The largest absolute Gasteiger partial charge is 0.506 e. The van der Waals surface area contributed by atoms with Crippen LogP contribution in [0, 0.1) is 52.8 Å². The summed E-state index contributed by atoms with van der Waals surface area (Å²) in [5, 5.41) is 23.5. The van der Waals surface area contributed by atoms with E-state index in [1.807, 2.05) is 6.92 Å². The molecule has 1 aromatic rings. The summed E-state index contributed by atoms with van der Waals surface area (Å²) in [6.07, 6.45) is 7.39. The number of carboxylic acids is 1. The highest BCUT2D eigenvalue weighted by Crippen LogP contribution is 2.64. The molecule has 5 aliphatic rings. The molecule has 4 aliphatic carbocycles. The zero-order chi connectivity index (χ0) is 31.2. The molecule has 11 nitrogen and oxygen atoms in total. The SMILES string of the molecule is CC(C)CC1CCC2C3CCC4C5COC[C@]4(C[C@@H](OC(=O)O)[C@@H]5OCC(C)NCc4ncc[nH]4)C3=CC(=O)C2[C@@H]1C(=O)O. The number of carbonyl (C=O) groups excluding carboxylic acids is 1. The second-order valence-corrected chi connectivity index (χ2v) is 14.4. The maximum Gasteiger partial charge on any atom is 0.506 e. The molecule has 0 amide bonds. The Morgan fingerprint density at radius 1 is 1.18 bits per heavy atom. The van der Waals surface area contributed by atoms with Gasteiger partial charge < -0.3 is 34.7 Å². The summed E-state index contributed by atoms with van der Waals surface area (Å²) in [6, 6.07) is -0.0129. The van der Waals surface area contributed by atoms with Gasteiger partial charge in [-0.25, -0.2) is 9.78 Å². The molecule has 0 radical (unpaired) electrons. The molecule has 3 saturated carbocycles. The van der Waals surface area contributed by atoms with Crippen molar-refractivity contribution in [3.8, 4) is 0 Å². The number of nitrogens with zero attached hydrogens (tertiary/aromatic N) is 1. The van der Waals surface area contributed by atoms with E-state index in [0.717, 1.165) is 43.5 Å². The maximum atomic E-state index is 14.0. The van der Waals surface area contributed by atoms with Crippen LogP contribution in [-0.2, 0) is 30.3 Å². The van der Waals surface area contributed by atoms with Crippen LogP contribution in [0.15, 0.2) is 24.0 Å². The summed E-state index contributed by atoms with van der Waals surface area (Å²) >= 11 is 0. The van der Waals surface area contributed by atoms with Gasteiger partial charge in [0.25, 0.3) is 0 Å². The van der Waals surface area contributed by atoms with Gasteiger partial charge in [-0.2, -0.15) is 0 Å². The van der Waals surface area contributed by atoms with Gasteiger partial charge in [-0.05, 0) is 81.1 Å². The molecule has 6 rings (SSSR count). The van der Waals surface area contributed by atoms with Crippen LogP contribution in [0.5, 0.6) is 0 Å². The highest BCUT2D eigenvalue weighted by Gasteiger charge is 2.64. The zero-order valence-corrected chi connectivity index (χ0v) is 25.9. The number of carboxylic acid groups (broad SMARTS) is 2. The predicted octanol–water partition coefficient (Wildman–Crippen LogP) is 4.30. The van der Waals surface area contributed by atoms with Gasteiger partial charge in [0.1, 0.15) is 11.9 Å². The van der Waals surface area contributed by atoms with Gasteiger partial charge >= 0.3 is 12.1 Å². The first-order valence-electron chi connectivity index (χ1n) is 16.4. The maximum absolute atomic E-state index is 14.0. The average molecular weight is 614 g/mol. The standard InChI is InChI=1S/C33H47N3O8/c1-17(2)10-19-4-5-21-20-6-7-23-22-15-42-16-33(23,24(20)11-25(37)29(21)28(19)31(38)39)12-26(44-32(40)41)30(22)43-14-18(3)36-13-27-34-8-9-35-27/h8-9,11,17-23,26,28-30,36H,4-7,10,12-16H2,1-3H3,(H,34,35)(H,38,39)(H,40,41)/t18?,19?,20?,21?,22?,23?,26-,28-,29?,30-,33+/m1/s1. The summed E-state index contributed by atoms with van der Waals surface area (Å²) in [7, 11) is 0. The minimum absolute atomic E-state index is 0.00134. The zero-order valence-electron chi connectivity index (χ0n) is 25.9. The molecule has 1 aromatic heterocycles. The lowest BCUT2D eigenvalue weighted by Gasteiger charge is -2.62. The molecule has 11 heteroatoms. The Morgan fingerprint density at radius 3 is 2.70 bits per heavy atom. The van der Waals surface area contributed by atoms with Crippen molar-refractivity contribution in [1.29, 1.82) is 0 Å². The number of rotatable bonds is 10. The van der Waals surface area contributed by atoms with Crippen molar-refractivity contribution in [3.05, 3.63) is 29.9 Å². The molecule has 11 atom stereocenters. The smallest absolute Gasteiger partial charge is 0.481 e. The summed E-state index contributed by atoms with van der Waals surface area (Å²) in [5.74, 6) is -0.756. The summed E-state index contributed by atoms with van der Waals surface area (Å²) < 4.78 is 18.3. The number of ketones is 1. The Hall–Kier alpha value is -2.76. The Bertz CT molecular complexity index is 1250. The lowest BCUT2D eigenvalue weighted by Crippen LogP contribution is -2.64. The summed E-state index contributed by atoms with van der Waals surface area (Å²) in [6.45, 7) is 8.01. The monoisotopic (exact) mass is 613 g/mol. The van der Waals surface area contributed by atoms with Crippen molar-refractivity contribution >= 4 is 17.9 Å². The van der Waals surface area contributed by atoms with Crippen LogP contribution in [0.1, 0.15) is 65.1 Å². The fourth-order valence-corrected chi connectivity index (χ4v) is 9.87. The quantitative estimate of drug-likeness (QED) is 0.280. The van der Waals surface area contributed by atoms with Crippen LogP contribution >= 0.6 is 0 Å². The molecular formula is C33H47N3O8. The lowest BCUT2D eigenvalue weighted by atomic mass is 9.45. The topological polar surface area (TPSA) is 160 Å². The van der Waals surface area contributed by atoms with Crippen LogP contribution in [-0.4, -0.2) is 76.2 Å². The van der Waals surface area contributed by atoms with Gasteiger partial charge in [-0.1, -0.05) is 19.4 Å². The van der Waals surface area contributed by atoms with Gasteiger partial charge in [0.2, 0.25) is 0 Å². The predicted molar refractivity (Wildman–Crippen MR) is 158 cm³/mol. The lowest BCUT2D eigenvalue weighted by molar-refractivity contribution is -0.218. The molecule has 2 bridgehead atoms. The normalized spacial score (nSPS) is 38.6. The van der Waals surface area contributed by atoms with E-state index in [0.29, 0.717) is 38.7 Å². The van der Waals surface area contributed by atoms with Gasteiger partial charge in [0.05, 0.1) is 38.4 Å². The Morgan fingerprint density at radius 2 is 2.00 bits per heavy atom. The fraction of sp³-hybridized carbons (Fsp3) is 0.758. The number of allylic oxidation sites excluding steroid dienone is 1. The first-order chi connectivity index (χ1) is 21.1. The first kappa shape index (κ1) is 31.2. The van der Waals surface area contributed by atoms with Gasteiger partial charge in [0.15, 0.2) is 5.78 Å². The summed E-state index contributed by atoms with van der Waals surface area (Å²) in [4.78, 5) is 45.8. The fourth-order valence-electron chi connectivity index (χ4n) is 9.87. The number of hydrogen-bond acceptors (Lipinski definition) is 8. The number of nitrogens with one attached hydrogen (secondary N) is 2. The number of imidazole rings is 1. The second kappa shape index (κ2) is 12.6. The molecule has 1 aliphatic heterocycles. The molecule has 1 saturated heterocycles. The van der Waals surface area contributed by atoms with E-state index in [2.05, 4.69) is 29.1 Å². The molecule has 44 heavy (non-hydrogen) atoms. The summed E-state index contributed by atoms with van der Waals surface area (Å²) in [5.41, 5.74) is 0.519. The van der Waals surface area contributed by atoms with Crippen LogP contribution in [0.4, 0.5) is 4.79 Å². The molecule has 2 heterocycles. The van der Waals surface area contributed by atoms with Gasteiger partial charge in [0, 0.05) is 35.7 Å². The third-order valence-electron chi connectivity index (χ3n) is 11.4.